The van der Waals surface area contributed by atoms with E-state index >= 15 is 0 Å². The smallest absolute Gasteiger partial charge is 0.211 e. The zero-order chi connectivity index (χ0) is 16.3. The van der Waals surface area contributed by atoms with E-state index in [2.05, 4.69) is 24.4 Å². The van der Waals surface area contributed by atoms with Gasteiger partial charge in [-0.15, -0.1) is 0 Å². The van der Waals surface area contributed by atoms with E-state index in [-0.39, 0.29) is 0 Å². The molecule has 0 bridgehead atoms. The first kappa shape index (κ1) is 17.2. The Morgan fingerprint density at radius 3 is 2.68 bits per heavy atom. The van der Waals surface area contributed by atoms with Gasteiger partial charge in [-0.05, 0) is 36.5 Å². The van der Waals surface area contributed by atoms with Gasteiger partial charge in [-0.2, -0.15) is 0 Å². The summed E-state index contributed by atoms with van der Waals surface area (Å²) < 4.78 is 30.1. The number of benzene rings is 1. The molecule has 1 heterocycles. The minimum absolute atomic E-state index is 0.308. The predicted octanol–water partition coefficient (Wildman–Crippen LogP) is 1.76. The Bertz CT molecular complexity index is 616. The fraction of sp³-hybridized carbons (Fsp3) is 0.625. The van der Waals surface area contributed by atoms with Gasteiger partial charge in [0, 0.05) is 25.7 Å². The van der Waals surface area contributed by atoms with Crippen LogP contribution in [0.5, 0.6) is 5.75 Å². The molecule has 0 unspecified atom stereocenters. The van der Waals surface area contributed by atoms with Gasteiger partial charge in [0.25, 0.3) is 0 Å². The van der Waals surface area contributed by atoms with Crippen LogP contribution in [0.15, 0.2) is 18.2 Å². The fourth-order valence-corrected chi connectivity index (χ4v) is 3.95. The van der Waals surface area contributed by atoms with Crippen molar-refractivity contribution in [2.24, 2.45) is 5.92 Å². The van der Waals surface area contributed by atoms with Gasteiger partial charge in [0.05, 0.1) is 13.4 Å². The Labute approximate surface area is 133 Å². The maximum Gasteiger partial charge on any atom is 0.211 e. The summed E-state index contributed by atoms with van der Waals surface area (Å²) in [6.45, 7) is 6.13. The van der Waals surface area contributed by atoms with Crippen molar-refractivity contribution in [2.45, 2.75) is 32.9 Å². The molecule has 1 aromatic rings. The van der Waals surface area contributed by atoms with Gasteiger partial charge in [0.15, 0.2) is 0 Å². The molecule has 1 aliphatic rings. The molecule has 1 saturated heterocycles. The van der Waals surface area contributed by atoms with Crippen LogP contribution in [-0.4, -0.2) is 45.2 Å². The molecule has 1 N–H and O–H groups in total. The van der Waals surface area contributed by atoms with Gasteiger partial charge in [0.1, 0.15) is 5.75 Å². The number of hydrogen-bond donors (Lipinski definition) is 1. The van der Waals surface area contributed by atoms with E-state index in [9.17, 15) is 8.42 Å². The second-order valence-electron chi connectivity index (χ2n) is 6.18. The Morgan fingerprint density at radius 1 is 1.41 bits per heavy atom. The van der Waals surface area contributed by atoms with Gasteiger partial charge >= 0.3 is 0 Å². The molecule has 1 aliphatic heterocycles. The fourth-order valence-electron chi connectivity index (χ4n) is 3.01. The van der Waals surface area contributed by atoms with Gasteiger partial charge in [-0.25, -0.2) is 12.7 Å². The van der Waals surface area contributed by atoms with Crippen LogP contribution >= 0.6 is 0 Å². The lowest BCUT2D eigenvalue weighted by atomic mass is 9.95. The Kier molecular flexibility index (Phi) is 5.47. The number of nitrogens with zero attached hydrogens (tertiary/aromatic N) is 1. The Hall–Kier alpha value is -1.11. The third-order valence-electron chi connectivity index (χ3n) is 4.36. The van der Waals surface area contributed by atoms with Crippen molar-refractivity contribution in [1.82, 2.24) is 9.62 Å². The molecular formula is C16H26N2O3S. The Balaban J connectivity index is 1.91. The standard InChI is InChI=1S/C16H26N2O3S/c1-12-9-14(5-6-16(12)21-3)10-17-15-7-8-18(11-13(15)2)22(4,19)20/h5-6,9,13,15,17H,7-8,10-11H2,1-4H3/t13-,15-/m0/s1. The van der Waals surface area contributed by atoms with Crippen LogP contribution in [0.1, 0.15) is 24.5 Å². The lowest BCUT2D eigenvalue weighted by Gasteiger charge is -2.36. The highest BCUT2D eigenvalue weighted by molar-refractivity contribution is 7.88. The van der Waals surface area contributed by atoms with Crippen molar-refractivity contribution in [2.75, 3.05) is 26.5 Å². The largest absolute Gasteiger partial charge is 0.496 e. The van der Waals surface area contributed by atoms with E-state index in [0.29, 0.717) is 25.0 Å². The van der Waals surface area contributed by atoms with E-state index in [1.54, 1.807) is 11.4 Å². The van der Waals surface area contributed by atoms with Crippen molar-refractivity contribution in [3.63, 3.8) is 0 Å². The lowest BCUT2D eigenvalue weighted by molar-refractivity contribution is 0.220. The maximum absolute atomic E-state index is 11.6. The van der Waals surface area contributed by atoms with Crippen LogP contribution in [0.2, 0.25) is 0 Å². The van der Waals surface area contributed by atoms with Crippen LogP contribution < -0.4 is 10.1 Å². The van der Waals surface area contributed by atoms with Gasteiger partial charge in [-0.1, -0.05) is 19.1 Å². The first-order chi connectivity index (χ1) is 10.3. The summed E-state index contributed by atoms with van der Waals surface area (Å²) in [5.41, 5.74) is 2.35. The monoisotopic (exact) mass is 326 g/mol. The van der Waals surface area contributed by atoms with Crippen LogP contribution in [0.25, 0.3) is 0 Å². The molecule has 1 fully saturated rings. The first-order valence-electron chi connectivity index (χ1n) is 7.63. The number of aryl methyl sites for hydroxylation is 1. The molecule has 0 aliphatic carbocycles. The summed E-state index contributed by atoms with van der Waals surface area (Å²) >= 11 is 0. The third-order valence-corrected chi connectivity index (χ3v) is 5.63. The summed E-state index contributed by atoms with van der Waals surface area (Å²) in [6, 6.07) is 6.53. The summed E-state index contributed by atoms with van der Waals surface area (Å²) in [5.74, 6) is 1.21. The number of rotatable bonds is 5. The second kappa shape index (κ2) is 6.98. The Morgan fingerprint density at radius 2 is 2.14 bits per heavy atom. The predicted molar refractivity (Wildman–Crippen MR) is 88.6 cm³/mol. The van der Waals surface area contributed by atoms with Gasteiger partial charge < -0.3 is 10.1 Å². The van der Waals surface area contributed by atoms with Crippen LogP contribution in [-0.2, 0) is 16.6 Å². The molecule has 0 spiro atoms. The summed E-state index contributed by atoms with van der Waals surface area (Å²) in [5, 5.41) is 3.56. The molecule has 0 radical (unpaired) electrons. The summed E-state index contributed by atoms with van der Waals surface area (Å²) in [6.07, 6.45) is 2.14. The van der Waals surface area contributed by atoms with E-state index in [1.165, 1.54) is 11.8 Å². The topological polar surface area (TPSA) is 58.6 Å². The van der Waals surface area contributed by atoms with E-state index < -0.39 is 10.0 Å². The highest BCUT2D eigenvalue weighted by Crippen LogP contribution is 2.21. The molecule has 124 valence electrons. The van der Waals surface area contributed by atoms with E-state index in [4.69, 9.17) is 4.74 Å². The molecular weight excluding hydrogens is 300 g/mol. The SMILES string of the molecule is COc1ccc(CN[C@H]2CCN(S(C)(=O)=O)C[C@@H]2C)cc1C. The van der Waals surface area contributed by atoms with Crippen LogP contribution in [0.3, 0.4) is 0 Å². The first-order valence-corrected chi connectivity index (χ1v) is 9.48. The minimum atomic E-state index is -3.07. The van der Waals surface area contributed by atoms with Crippen molar-refractivity contribution < 1.29 is 13.2 Å². The average Bonchev–Trinajstić information content (AvgIpc) is 2.45. The molecule has 2 atom stereocenters. The lowest BCUT2D eigenvalue weighted by Crippen LogP contribution is -2.49. The van der Waals surface area contributed by atoms with Crippen molar-refractivity contribution in [3.8, 4) is 5.75 Å². The average molecular weight is 326 g/mol. The molecule has 2 rings (SSSR count). The van der Waals surface area contributed by atoms with Crippen LogP contribution in [0, 0.1) is 12.8 Å². The maximum atomic E-state index is 11.6. The number of sulfonamides is 1. The highest BCUT2D eigenvalue weighted by atomic mass is 32.2. The third kappa shape index (κ3) is 4.21. The minimum Gasteiger partial charge on any atom is -0.496 e. The molecule has 0 amide bonds. The molecule has 0 aromatic heterocycles. The zero-order valence-corrected chi connectivity index (χ0v) is 14.6. The summed E-state index contributed by atoms with van der Waals surface area (Å²) in [7, 11) is -1.39. The van der Waals surface area contributed by atoms with Crippen LogP contribution in [0.4, 0.5) is 0 Å². The molecule has 5 nitrogen and oxygen atoms in total. The highest BCUT2D eigenvalue weighted by Gasteiger charge is 2.29. The molecule has 1 aromatic carbocycles. The number of nitrogens with one attached hydrogen (secondary N) is 1. The molecule has 0 saturated carbocycles. The van der Waals surface area contributed by atoms with E-state index in [0.717, 1.165) is 24.3 Å². The summed E-state index contributed by atoms with van der Waals surface area (Å²) in [4.78, 5) is 0. The van der Waals surface area contributed by atoms with Crippen molar-refractivity contribution in [1.29, 1.82) is 0 Å². The van der Waals surface area contributed by atoms with Gasteiger partial charge in [-0.3, -0.25) is 0 Å². The quantitative estimate of drug-likeness (QED) is 0.896. The number of piperidine rings is 1. The molecule has 22 heavy (non-hydrogen) atoms. The number of ether oxygens (including phenoxy) is 1. The van der Waals surface area contributed by atoms with E-state index in [1.807, 2.05) is 13.0 Å². The van der Waals surface area contributed by atoms with Gasteiger partial charge in [0.2, 0.25) is 10.0 Å². The van der Waals surface area contributed by atoms with Crippen molar-refractivity contribution in [3.05, 3.63) is 29.3 Å². The normalized spacial score (nSPS) is 23.5. The number of methoxy groups -OCH3 is 1. The number of hydrogen-bond acceptors (Lipinski definition) is 4. The zero-order valence-electron chi connectivity index (χ0n) is 13.8. The molecule has 6 heteroatoms. The van der Waals surface area contributed by atoms with Crippen molar-refractivity contribution >= 4 is 10.0 Å². The second-order valence-corrected chi connectivity index (χ2v) is 8.16.